The van der Waals surface area contributed by atoms with Crippen LogP contribution in [0.2, 0.25) is 0 Å². The van der Waals surface area contributed by atoms with Gasteiger partial charge in [-0.3, -0.25) is 4.79 Å². The number of ether oxygens (including phenoxy) is 1. The Labute approximate surface area is 58.6 Å². The van der Waals surface area contributed by atoms with E-state index in [1.165, 1.54) is 0 Å². The molecular formula is C7H8O3. The predicted octanol–water partition coefficient (Wildman–Crippen LogP) is 0.995. The van der Waals surface area contributed by atoms with E-state index in [0.717, 1.165) is 12.0 Å². The maximum absolute atomic E-state index is 9.69. The molecule has 54 valence electrons. The largest absolute Gasteiger partial charge is 0.472 e. The number of carbonyl (C=O) groups is 1. The van der Waals surface area contributed by atoms with Gasteiger partial charge >= 0.3 is 0 Å². The number of furan rings is 1. The zero-order valence-corrected chi connectivity index (χ0v) is 5.45. The smallest absolute Gasteiger partial charge is 0.293 e. The molecule has 0 aliphatic heterocycles. The van der Waals surface area contributed by atoms with Gasteiger partial charge in [0.15, 0.2) is 0 Å². The molecule has 1 heterocycles. The summed E-state index contributed by atoms with van der Waals surface area (Å²) in [5.41, 5.74) is 1.04. The molecule has 1 rings (SSSR count). The third-order valence-electron chi connectivity index (χ3n) is 1.16. The molecular weight excluding hydrogens is 132 g/mol. The Bertz CT molecular complexity index is 179. The molecule has 1 aromatic heterocycles. The summed E-state index contributed by atoms with van der Waals surface area (Å²) in [5, 5.41) is 0. The van der Waals surface area contributed by atoms with Gasteiger partial charge in [-0.2, -0.15) is 0 Å². The molecule has 0 spiro atoms. The quantitative estimate of drug-likeness (QED) is 0.462. The van der Waals surface area contributed by atoms with Crippen molar-refractivity contribution in [3.8, 4) is 0 Å². The second-order valence-corrected chi connectivity index (χ2v) is 1.85. The molecule has 0 aliphatic carbocycles. The zero-order chi connectivity index (χ0) is 7.23. The fourth-order valence-corrected chi connectivity index (χ4v) is 0.660. The van der Waals surface area contributed by atoms with Crippen LogP contribution in [-0.4, -0.2) is 13.1 Å². The summed E-state index contributed by atoms with van der Waals surface area (Å²) in [6, 6.07) is 1.84. The van der Waals surface area contributed by atoms with Crippen LogP contribution in [0.4, 0.5) is 0 Å². The van der Waals surface area contributed by atoms with E-state index in [-0.39, 0.29) is 0 Å². The third-order valence-corrected chi connectivity index (χ3v) is 1.16. The minimum absolute atomic E-state index is 0.420. The molecule has 0 bridgehead atoms. The van der Waals surface area contributed by atoms with Gasteiger partial charge in [0, 0.05) is 6.42 Å². The monoisotopic (exact) mass is 140 g/mol. The van der Waals surface area contributed by atoms with Crippen molar-refractivity contribution in [2.75, 3.05) is 6.61 Å². The van der Waals surface area contributed by atoms with Crippen molar-refractivity contribution in [1.82, 2.24) is 0 Å². The molecule has 3 heteroatoms. The van der Waals surface area contributed by atoms with Crippen LogP contribution < -0.4 is 0 Å². The van der Waals surface area contributed by atoms with Crippen molar-refractivity contribution in [1.29, 1.82) is 0 Å². The molecule has 0 unspecified atom stereocenters. The third kappa shape index (κ3) is 1.93. The van der Waals surface area contributed by atoms with Crippen molar-refractivity contribution in [3.63, 3.8) is 0 Å². The fourth-order valence-electron chi connectivity index (χ4n) is 0.660. The molecule has 0 N–H and O–H groups in total. The van der Waals surface area contributed by atoms with E-state index >= 15 is 0 Å². The van der Waals surface area contributed by atoms with Gasteiger partial charge in [-0.1, -0.05) is 0 Å². The molecule has 0 aliphatic rings. The Balaban J connectivity index is 2.21. The minimum atomic E-state index is 0.420. The van der Waals surface area contributed by atoms with Crippen LogP contribution in [0.15, 0.2) is 23.0 Å². The maximum atomic E-state index is 9.69. The summed E-state index contributed by atoms with van der Waals surface area (Å²) in [4.78, 5) is 9.69. The second-order valence-electron chi connectivity index (χ2n) is 1.85. The van der Waals surface area contributed by atoms with E-state index in [1.54, 1.807) is 12.5 Å². The van der Waals surface area contributed by atoms with Crippen molar-refractivity contribution < 1.29 is 13.9 Å². The summed E-state index contributed by atoms with van der Waals surface area (Å²) in [5.74, 6) is 0. The van der Waals surface area contributed by atoms with Crippen LogP contribution in [0, 0.1) is 0 Å². The van der Waals surface area contributed by atoms with Crippen molar-refractivity contribution in [2.45, 2.75) is 6.42 Å². The molecule has 0 fully saturated rings. The van der Waals surface area contributed by atoms with Crippen LogP contribution >= 0.6 is 0 Å². The SMILES string of the molecule is O=COCCc1ccoc1. The number of hydrogen-bond donors (Lipinski definition) is 0. The Morgan fingerprint density at radius 2 is 2.60 bits per heavy atom. The summed E-state index contributed by atoms with van der Waals surface area (Å²) in [6.45, 7) is 0.864. The average molecular weight is 140 g/mol. The highest BCUT2D eigenvalue weighted by molar-refractivity contribution is 5.36. The van der Waals surface area contributed by atoms with Gasteiger partial charge in [0.1, 0.15) is 0 Å². The lowest BCUT2D eigenvalue weighted by atomic mass is 10.3. The molecule has 0 saturated heterocycles. The molecule has 0 radical (unpaired) electrons. The number of rotatable bonds is 4. The first-order chi connectivity index (χ1) is 4.93. The van der Waals surface area contributed by atoms with E-state index < -0.39 is 0 Å². The van der Waals surface area contributed by atoms with E-state index in [0.29, 0.717) is 13.1 Å². The molecule has 10 heavy (non-hydrogen) atoms. The highest BCUT2D eigenvalue weighted by Gasteiger charge is 1.92. The Morgan fingerprint density at radius 3 is 3.20 bits per heavy atom. The van der Waals surface area contributed by atoms with Crippen molar-refractivity contribution >= 4 is 6.47 Å². The Kier molecular flexibility index (Phi) is 2.55. The average Bonchev–Trinajstić information content (AvgIpc) is 2.41. The molecule has 3 nitrogen and oxygen atoms in total. The normalized spacial score (nSPS) is 9.20. The molecule has 0 atom stereocenters. The number of hydrogen-bond acceptors (Lipinski definition) is 3. The van der Waals surface area contributed by atoms with E-state index in [4.69, 9.17) is 4.42 Å². The van der Waals surface area contributed by atoms with Crippen LogP contribution in [0.3, 0.4) is 0 Å². The fraction of sp³-hybridized carbons (Fsp3) is 0.286. The highest BCUT2D eigenvalue weighted by Crippen LogP contribution is 1.99. The van der Waals surface area contributed by atoms with Crippen LogP contribution in [-0.2, 0) is 16.0 Å². The van der Waals surface area contributed by atoms with Crippen molar-refractivity contribution in [3.05, 3.63) is 24.2 Å². The first kappa shape index (κ1) is 6.86. The topological polar surface area (TPSA) is 39.4 Å². The lowest BCUT2D eigenvalue weighted by Gasteiger charge is -1.92. The Morgan fingerprint density at radius 1 is 1.70 bits per heavy atom. The minimum Gasteiger partial charge on any atom is -0.472 e. The summed E-state index contributed by atoms with van der Waals surface area (Å²) < 4.78 is 9.29. The Hall–Kier alpha value is -1.25. The lowest BCUT2D eigenvalue weighted by molar-refractivity contribution is -0.128. The van der Waals surface area contributed by atoms with Crippen LogP contribution in [0.1, 0.15) is 5.56 Å². The van der Waals surface area contributed by atoms with Crippen LogP contribution in [0.25, 0.3) is 0 Å². The van der Waals surface area contributed by atoms with Gasteiger partial charge in [0.2, 0.25) is 0 Å². The van der Waals surface area contributed by atoms with E-state index in [1.807, 2.05) is 6.07 Å². The van der Waals surface area contributed by atoms with Crippen molar-refractivity contribution in [2.24, 2.45) is 0 Å². The predicted molar refractivity (Wildman–Crippen MR) is 34.4 cm³/mol. The summed E-state index contributed by atoms with van der Waals surface area (Å²) >= 11 is 0. The highest BCUT2D eigenvalue weighted by atomic mass is 16.5. The lowest BCUT2D eigenvalue weighted by Crippen LogP contribution is -1.94. The number of carbonyl (C=O) groups excluding carboxylic acids is 1. The molecule has 0 amide bonds. The maximum Gasteiger partial charge on any atom is 0.293 e. The molecule has 1 aromatic rings. The molecule has 0 saturated carbocycles. The van der Waals surface area contributed by atoms with Gasteiger partial charge < -0.3 is 9.15 Å². The van der Waals surface area contributed by atoms with Gasteiger partial charge in [-0.05, 0) is 11.6 Å². The van der Waals surface area contributed by atoms with Gasteiger partial charge in [0.05, 0.1) is 19.1 Å². The first-order valence-electron chi connectivity index (χ1n) is 3.00. The zero-order valence-electron chi connectivity index (χ0n) is 5.45. The van der Waals surface area contributed by atoms with Gasteiger partial charge in [-0.25, -0.2) is 0 Å². The first-order valence-corrected chi connectivity index (χ1v) is 3.00. The summed E-state index contributed by atoms with van der Waals surface area (Å²) in [6.07, 6.45) is 3.94. The van der Waals surface area contributed by atoms with Gasteiger partial charge in [0.25, 0.3) is 6.47 Å². The second kappa shape index (κ2) is 3.71. The summed E-state index contributed by atoms with van der Waals surface area (Å²) in [7, 11) is 0. The van der Waals surface area contributed by atoms with Crippen LogP contribution in [0.5, 0.6) is 0 Å². The van der Waals surface area contributed by atoms with E-state index in [2.05, 4.69) is 4.74 Å². The standard InChI is InChI=1S/C7H8O3/c8-6-10-4-2-7-1-3-9-5-7/h1,3,5-6H,2,4H2. The van der Waals surface area contributed by atoms with E-state index in [9.17, 15) is 4.79 Å². The van der Waals surface area contributed by atoms with Gasteiger partial charge in [-0.15, -0.1) is 0 Å². The molecule has 0 aromatic carbocycles.